The number of carbonyl (C=O) groups is 1. The summed E-state index contributed by atoms with van der Waals surface area (Å²) in [6.07, 6.45) is 70.6. The maximum Gasteiger partial charge on any atom is 0.220 e. The van der Waals surface area contributed by atoms with Crippen LogP contribution in [0.5, 0.6) is 0 Å². The molecule has 0 radical (unpaired) electrons. The summed E-state index contributed by atoms with van der Waals surface area (Å²) >= 11 is 0. The van der Waals surface area contributed by atoms with Crippen LogP contribution in [0.3, 0.4) is 0 Å². The van der Waals surface area contributed by atoms with E-state index >= 15 is 0 Å². The SMILES string of the molecule is CCCCCCC/C=C\C/C=C\C/C=C\CCCCCCCCCCC(=O)NC(COC1OC(CO)C(O)C(O)C1O)C(O)/C=C/CCCCCCCCCCCCCCCCCCCCCCCCCCCCCCC. The van der Waals surface area contributed by atoms with E-state index in [0.717, 1.165) is 64.2 Å². The number of hydrogen-bond donors (Lipinski definition) is 6. The van der Waals surface area contributed by atoms with Crippen molar-refractivity contribution >= 4 is 5.91 Å². The zero-order valence-electron chi connectivity index (χ0n) is 50.5. The molecular formula is C68H127NO8. The lowest BCUT2D eigenvalue weighted by Gasteiger charge is -2.40. The molecule has 6 N–H and O–H groups in total. The Bertz CT molecular complexity index is 1350. The molecule has 9 nitrogen and oxygen atoms in total. The Morgan fingerprint density at radius 2 is 0.766 bits per heavy atom. The molecule has 1 saturated heterocycles. The molecule has 1 heterocycles. The summed E-state index contributed by atoms with van der Waals surface area (Å²) in [5, 5.41) is 54.7. The molecule has 0 saturated carbocycles. The highest BCUT2D eigenvalue weighted by atomic mass is 16.7. The van der Waals surface area contributed by atoms with Gasteiger partial charge < -0.3 is 40.3 Å². The number of rotatable bonds is 58. The lowest BCUT2D eigenvalue weighted by molar-refractivity contribution is -0.302. The van der Waals surface area contributed by atoms with Crippen molar-refractivity contribution < 1.29 is 39.8 Å². The van der Waals surface area contributed by atoms with Gasteiger partial charge in [0.2, 0.25) is 5.91 Å². The Balaban J connectivity index is 2.16. The summed E-state index contributed by atoms with van der Waals surface area (Å²) in [7, 11) is 0. The number of amides is 1. The number of carbonyl (C=O) groups excluding carboxylic acids is 1. The van der Waals surface area contributed by atoms with Gasteiger partial charge in [-0.15, -0.1) is 0 Å². The summed E-state index contributed by atoms with van der Waals surface area (Å²) < 4.78 is 11.3. The van der Waals surface area contributed by atoms with Crippen LogP contribution in [0.1, 0.15) is 322 Å². The molecule has 0 spiro atoms. The quantitative estimate of drug-likeness (QED) is 0.0261. The fourth-order valence-corrected chi connectivity index (χ4v) is 10.6. The molecular weight excluding hydrogens is 959 g/mol. The molecule has 1 amide bonds. The Morgan fingerprint density at radius 1 is 0.442 bits per heavy atom. The first kappa shape index (κ1) is 73.2. The van der Waals surface area contributed by atoms with E-state index in [-0.39, 0.29) is 12.5 Å². The largest absolute Gasteiger partial charge is 0.394 e. The third-order valence-electron chi connectivity index (χ3n) is 15.9. The molecule has 1 fully saturated rings. The van der Waals surface area contributed by atoms with Crippen LogP contribution < -0.4 is 5.32 Å². The second-order valence-corrected chi connectivity index (χ2v) is 23.3. The zero-order valence-corrected chi connectivity index (χ0v) is 50.5. The lowest BCUT2D eigenvalue weighted by Crippen LogP contribution is -2.60. The number of aliphatic hydroxyl groups excluding tert-OH is 5. The predicted octanol–water partition coefficient (Wildman–Crippen LogP) is 17.6. The van der Waals surface area contributed by atoms with Gasteiger partial charge in [-0.2, -0.15) is 0 Å². The minimum absolute atomic E-state index is 0.181. The Morgan fingerprint density at radius 3 is 1.13 bits per heavy atom. The highest BCUT2D eigenvalue weighted by molar-refractivity contribution is 5.76. The van der Waals surface area contributed by atoms with Crippen molar-refractivity contribution in [2.45, 2.75) is 365 Å². The number of ether oxygens (including phenoxy) is 2. The number of allylic oxidation sites excluding steroid dienone is 7. The topological polar surface area (TPSA) is 149 Å². The summed E-state index contributed by atoms with van der Waals surface area (Å²) in [5.74, 6) is -0.181. The van der Waals surface area contributed by atoms with Crippen molar-refractivity contribution in [1.82, 2.24) is 5.32 Å². The Hall–Kier alpha value is -1.85. The van der Waals surface area contributed by atoms with Crippen molar-refractivity contribution in [2.24, 2.45) is 0 Å². The highest BCUT2D eigenvalue weighted by Crippen LogP contribution is 2.23. The summed E-state index contributed by atoms with van der Waals surface area (Å²) in [5.41, 5.74) is 0. The van der Waals surface area contributed by atoms with E-state index in [9.17, 15) is 30.3 Å². The standard InChI is InChI=1S/C68H127NO8/c1-3-5-7-9-11-13-15-17-19-21-23-25-27-28-29-30-31-32-33-34-36-37-39-41-43-45-47-49-51-53-55-57-62(71)61(60-76-68-67(75)66(74)65(73)63(59-70)77-68)69-64(72)58-56-54-52-50-48-46-44-42-40-38-35-26-24-22-20-18-16-14-12-10-8-6-4-2/h16,18,22,24,35,38,55,57,61-63,65-68,70-71,73-75H,3-15,17,19-21,23,25-34,36-37,39-54,56,58-60H2,1-2H3,(H,69,72)/b18-16-,24-22-,38-35-,57-55+. The van der Waals surface area contributed by atoms with Crippen LogP contribution in [0.25, 0.3) is 0 Å². The van der Waals surface area contributed by atoms with E-state index in [1.165, 1.54) is 238 Å². The van der Waals surface area contributed by atoms with Crippen molar-refractivity contribution in [3.8, 4) is 0 Å². The third-order valence-corrected chi connectivity index (χ3v) is 15.9. The molecule has 1 aliphatic heterocycles. The molecule has 7 atom stereocenters. The fourth-order valence-electron chi connectivity index (χ4n) is 10.6. The van der Waals surface area contributed by atoms with Crippen LogP contribution in [0.15, 0.2) is 48.6 Å². The number of nitrogens with one attached hydrogen (secondary N) is 1. The second kappa shape index (κ2) is 57.4. The second-order valence-electron chi connectivity index (χ2n) is 23.3. The van der Waals surface area contributed by atoms with Crippen LogP contribution in [0.4, 0.5) is 0 Å². The number of hydrogen-bond acceptors (Lipinski definition) is 8. The maximum absolute atomic E-state index is 13.1. The van der Waals surface area contributed by atoms with E-state index < -0.39 is 49.5 Å². The van der Waals surface area contributed by atoms with Crippen molar-refractivity contribution in [3.05, 3.63) is 48.6 Å². The third kappa shape index (κ3) is 46.5. The molecule has 0 bridgehead atoms. The maximum atomic E-state index is 13.1. The molecule has 0 aromatic carbocycles. The van der Waals surface area contributed by atoms with Crippen LogP contribution in [-0.2, 0) is 14.3 Å². The van der Waals surface area contributed by atoms with Gasteiger partial charge in [-0.05, 0) is 57.8 Å². The zero-order chi connectivity index (χ0) is 55.8. The molecule has 1 rings (SSSR count). The van der Waals surface area contributed by atoms with E-state index in [2.05, 4.69) is 55.6 Å². The molecule has 0 aromatic rings. The van der Waals surface area contributed by atoms with Gasteiger partial charge in [0, 0.05) is 6.42 Å². The first-order valence-electron chi connectivity index (χ1n) is 33.4. The Labute approximate surface area is 475 Å². The summed E-state index contributed by atoms with van der Waals surface area (Å²) in [6.45, 7) is 3.80. The lowest BCUT2D eigenvalue weighted by atomic mass is 9.99. The molecule has 0 aliphatic carbocycles. The Kier molecular flexibility index (Phi) is 54.5. The average Bonchev–Trinajstić information content (AvgIpc) is 3.43. The van der Waals surface area contributed by atoms with Gasteiger partial charge in [-0.25, -0.2) is 0 Å². The predicted molar refractivity (Wildman–Crippen MR) is 327 cm³/mol. The minimum atomic E-state index is -1.57. The van der Waals surface area contributed by atoms with E-state index in [1.807, 2.05) is 6.08 Å². The highest BCUT2D eigenvalue weighted by Gasteiger charge is 2.44. The van der Waals surface area contributed by atoms with Crippen molar-refractivity contribution in [1.29, 1.82) is 0 Å². The van der Waals surface area contributed by atoms with E-state index in [0.29, 0.717) is 6.42 Å². The van der Waals surface area contributed by atoms with Crippen molar-refractivity contribution in [2.75, 3.05) is 13.2 Å². The number of aliphatic hydroxyl groups is 5. The van der Waals surface area contributed by atoms with Crippen LogP contribution in [0, 0.1) is 0 Å². The van der Waals surface area contributed by atoms with Crippen molar-refractivity contribution in [3.63, 3.8) is 0 Å². The molecule has 1 aliphatic rings. The molecule has 9 heteroatoms. The van der Waals surface area contributed by atoms with Crippen LogP contribution in [0.2, 0.25) is 0 Å². The van der Waals surface area contributed by atoms with Gasteiger partial charge in [0.05, 0.1) is 25.4 Å². The first-order valence-corrected chi connectivity index (χ1v) is 33.4. The monoisotopic (exact) mass is 1090 g/mol. The first-order chi connectivity index (χ1) is 37.8. The van der Waals surface area contributed by atoms with Gasteiger partial charge in [0.15, 0.2) is 6.29 Å². The smallest absolute Gasteiger partial charge is 0.220 e. The molecule has 7 unspecified atom stereocenters. The number of unbranched alkanes of at least 4 members (excludes halogenated alkanes) is 42. The fraction of sp³-hybridized carbons (Fsp3) is 0.868. The van der Waals surface area contributed by atoms with Gasteiger partial charge in [0.1, 0.15) is 24.4 Å². The summed E-state index contributed by atoms with van der Waals surface area (Å²) in [6, 6.07) is -0.812. The normalized spacial score (nSPS) is 19.0. The molecule has 452 valence electrons. The van der Waals surface area contributed by atoms with Gasteiger partial charge in [-0.3, -0.25) is 4.79 Å². The summed E-state index contributed by atoms with van der Waals surface area (Å²) in [4.78, 5) is 13.1. The van der Waals surface area contributed by atoms with Crippen LogP contribution >= 0.6 is 0 Å². The minimum Gasteiger partial charge on any atom is -0.394 e. The van der Waals surface area contributed by atoms with Crippen LogP contribution in [-0.4, -0.2) is 87.5 Å². The van der Waals surface area contributed by atoms with Gasteiger partial charge in [0.25, 0.3) is 0 Å². The molecule has 0 aromatic heterocycles. The van der Waals surface area contributed by atoms with Gasteiger partial charge in [-0.1, -0.05) is 306 Å². The van der Waals surface area contributed by atoms with Gasteiger partial charge >= 0.3 is 0 Å². The molecule has 77 heavy (non-hydrogen) atoms. The van der Waals surface area contributed by atoms with E-state index in [1.54, 1.807) is 6.08 Å². The average molecular weight is 1090 g/mol. The van der Waals surface area contributed by atoms with E-state index in [4.69, 9.17) is 9.47 Å².